The van der Waals surface area contributed by atoms with Gasteiger partial charge in [-0.05, 0) is 35.9 Å². The summed E-state index contributed by atoms with van der Waals surface area (Å²) in [5.74, 6) is 0.475. The molecule has 1 heterocycles. The van der Waals surface area contributed by atoms with Gasteiger partial charge in [0.1, 0.15) is 5.75 Å². The molecule has 0 aliphatic carbocycles. The van der Waals surface area contributed by atoms with Gasteiger partial charge in [-0.15, -0.1) is 0 Å². The molecule has 0 unspecified atom stereocenters. The molecule has 0 aliphatic heterocycles. The number of methoxy groups -OCH3 is 1. The highest BCUT2D eigenvalue weighted by Gasteiger charge is 2.12. The van der Waals surface area contributed by atoms with Crippen LogP contribution in [0.3, 0.4) is 0 Å². The third-order valence-corrected chi connectivity index (χ3v) is 4.90. The van der Waals surface area contributed by atoms with Gasteiger partial charge in [-0.2, -0.15) is 0 Å². The fraction of sp³-hybridized carbons (Fsp3) is 0.250. The van der Waals surface area contributed by atoms with E-state index < -0.39 is 0 Å². The molecular weight excluding hydrogens is 362 g/mol. The van der Waals surface area contributed by atoms with Crippen LogP contribution in [0.1, 0.15) is 19.4 Å². The molecular formula is C20H21N3O3S. The molecule has 0 fully saturated rings. The number of benzene rings is 2. The van der Waals surface area contributed by atoms with E-state index in [-0.39, 0.29) is 24.2 Å². The average Bonchev–Trinajstić information content (AvgIpc) is 3.03. The van der Waals surface area contributed by atoms with Crippen LogP contribution >= 0.6 is 11.3 Å². The van der Waals surface area contributed by atoms with Crippen LogP contribution in [0.2, 0.25) is 0 Å². The van der Waals surface area contributed by atoms with Crippen LogP contribution in [-0.4, -0.2) is 23.9 Å². The molecule has 0 bridgehead atoms. The van der Waals surface area contributed by atoms with Crippen LogP contribution in [0.5, 0.6) is 5.75 Å². The monoisotopic (exact) mass is 383 g/mol. The van der Waals surface area contributed by atoms with Gasteiger partial charge in [-0.3, -0.25) is 9.59 Å². The molecule has 0 saturated heterocycles. The number of nitrogens with zero attached hydrogens (tertiary/aromatic N) is 1. The zero-order chi connectivity index (χ0) is 19.4. The Bertz CT molecular complexity index is 964. The highest BCUT2D eigenvalue weighted by atomic mass is 32.1. The van der Waals surface area contributed by atoms with Gasteiger partial charge >= 0.3 is 0 Å². The molecule has 0 spiro atoms. The number of thiazole rings is 1. The van der Waals surface area contributed by atoms with Crippen molar-refractivity contribution in [2.75, 3.05) is 17.7 Å². The molecule has 0 atom stereocenters. The minimum atomic E-state index is -0.108. The first-order chi connectivity index (χ1) is 12.9. The van der Waals surface area contributed by atoms with Gasteiger partial charge in [0.2, 0.25) is 11.8 Å². The Morgan fingerprint density at radius 1 is 1.11 bits per heavy atom. The summed E-state index contributed by atoms with van der Waals surface area (Å²) in [5, 5.41) is 6.25. The van der Waals surface area contributed by atoms with Crippen LogP contribution < -0.4 is 15.4 Å². The molecule has 140 valence electrons. The highest BCUT2D eigenvalue weighted by Crippen LogP contribution is 2.28. The first-order valence-corrected chi connectivity index (χ1v) is 9.40. The molecule has 2 amide bonds. The van der Waals surface area contributed by atoms with E-state index in [0.29, 0.717) is 10.8 Å². The summed E-state index contributed by atoms with van der Waals surface area (Å²) in [6, 6.07) is 12.9. The minimum Gasteiger partial charge on any atom is -0.497 e. The lowest BCUT2D eigenvalue weighted by Gasteiger charge is -2.06. The quantitative estimate of drug-likeness (QED) is 0.672. The van der Waals surface area contributed by atoms with Gasteiger partial charge in [0.25, 0.3) is 0 Å². The Hall–Kier alpha value is -2.93. The maximum atomic E-state index is 12.3. The van der Waals surface area contributed by atoms with Gasteiger partial charge in [-0.25, -0.2) is 4.98 Å². The Morgan fingerprint density at radius 2 is 1.85 bits per heavy atom. The number of fused-ring (bicyclic) bond motifs is 1. The second-order valence-electron chi connectivity index (χ2n) is 6.42. The predicted octanol–water partition coefficient (Wildman–Crippen LogP) is 4.08. The first kappa shape index (κ1) is 18.8. The van der Waals surface area contributed by atoms with E-state index in [4.69, 9.17) is 4.74 Å². The zero-order valence-corrected chi connectivity index (χ0v) is 16.2. The smallest absolute Gasteiger partial charge is 0.228 e. The summed E-state index contributed by atoms with van der Waals surface area (Å²) < 4.78 is 6.06. The van der Waals surface area contributed by atoms with Gasteiger partial charge in [0.05, 0.1) is 23.7 Å². The van der Waals surface area contributed by atoms with Crippen molar-refractivity contribution in [2.45, 2.75) is 20.3 Å². The van der Waals surface area contributed by atoms with E-state index in [1.807, 2.05) is 56.3 Å². The van der Waals surface area contributed by atoms with Crippen molar-refractivity contribution in [2.24, 2.45) is 5.92 Å². The van der Waals surface area contributed by atoms with Crippen LogP contribution in [0.25, 0.3) is 10.2 Å². The van der Waals surface area contributed by atoms with E-state index in [1.165, 1.54) is 11.3 Å². The van der Waals surface area contributed by atoms with Crippen LogP contribution in [-0.2, 0) is 16.0 Å². The number of carbonyl (C=O) groups is 2. The molecule has 2 aromatic carbocycles. The third-order valence-electron chi connectivity index (χ3n) is 3.95. The number of rotatable bonds is 6. The van der Waals surface area contributed by atoms with E-state index in [2.05, 4.69) is 15.6 Å². The van der Waals surface area contributed by atoms with Crippen LogP contribution in [0.4, 0.5) is 10.8 Å². The summed E-state index contributed by atoms with van der Waals surface area (Å²) in [6.07, 6.45) is 0.273. The maximum Gasteiger partial charge on any atom is 0.228 e. The summed E-state index contributed by atoms with van der Waals surface area (Å²) in [5.41, 5.74) is 2.32. The molecule has 3 rings (SSSR count). The molecule has 0 saturated carbocycles. The molecule has 7 heteroatoms. The normalized spacial score (nSPS) is 10.8. The lowest BCUT2D eigenvalue weighted by Crippen LogP contribution is -2.17. The molecule has 3 aromatic rings. The molecule has 6 nitrogen and oxygen atoms in total. The Labute approximate surface area is 161 Å². The Kier molecular flexibility index (Phi) is 5.71. The summed E-state index contributed by atoms with van der Waals surface area (Å²) in [6.45, 7) is 3.66. The van der Waals surface area contributed by atoms with E-state index in [9.17, 15) is 9.59 Å². The lowest BCUT2D eigenvalue weighted by atomic mass is 10.1. The molecule has 1 aromatic heterocycles. The Morgan fingerprint density at radius 3 is 2.52 bits per heavy atom. The SMILES string of the molecule is COc1ccc(CC(=O)Nc2ccc3sc(NC(=O)C(C)C)nc3c2)cc1. The first-order valence-electron chi connectivity index (χ1n) is 8.59. The summed E-state index contributed by atoms with van der Waals surface area (Å²) in [4.78, 5) is 28.5. The maximum absolute atomic E-state index is 12.3. The largest absolute Gasteiger partial charge is 0.497 e. The molecule has 0 radical (unpaired) electrons. The number of amides is 2. The zero-order valence-electron chi connectivity index (χ0n) is 15.4. The minimum absolute atomic E-state index is 0.0675. The highest BCUT2D eigenvalue weighted by molar-refractivity contribution is 7.22. The van der Waals surface area contributed by atoms with Crippen molar-refractivity contribution in [3.8, 4) is 5.75 Å². The molecule has 2 N–H and O–H groups in total. The third kappa shape index (κ3) is 4.83. The second kappa shape index (κ2) is 8.18. The van der Waals surface area contributed by atoms with Crippen LogP contribution in [0, 0.1) is 5.92 Å². The molecule has 27 heavy (non-hydrogen) atoms. The summed E-state index contributed by atoms with van der Waals surface area (Å²) >= 11 is 1.41. The van der Waals surface area contributed by atoms with E-state index in [0.717, 1.165) is 21.5 Å². The number of ether oxygens (including phenoxy) is 1. The number of nitrogens with one attached hydrogen (secondary N) is 2. The van der Waals surface area contributed by atoms with Crippen molar-refractivity contribution in [3.05, 3.63) is 48.0 Å². The van der Waals surface area contributed by atoms with E-state index in [1.54, 1.807) is 7.11 Å². The summed E-state index contributed by atoms with van der Waals surface area (Å²) in [7, 11) is 1.61. The van der Waals surface area contributed by atoms with Gasteiger partial charge < -0.3 is 15.4 Å². The van der Waals surface area contributed by atoms with Crippen molar-refractivity contribution in [1.82, 2.24) is 4.98 Å². The number of carbonyl (C=O) groups excluding carboxylic acids is 2. The van der Waals surface area contributed by atoms with Crippen molar-refractivity contribution in [3.63, 3.8) is 0 Å². The fourth-order valence-corrected chi connectivity index (χ4v) is 3.29. The second-order valence-corrected chi connectivity index (χ2v) is 7.45. The van der Waals surface area contributed by atoms with Gasteiger partial charge in [0.15, 0.2) is 5.13 Å². The number of hydrogen-bond donors (Lipinski definition) is 2. The topological polar surface area (TPSA) is 80.3 Å². The fourth-order valence-electron chi connectivity index (χ4n) is 2.44. The predicted molar refractivity (Wildman–Crippen MR) is 108 cm³/mol. The Balaban J connectivity index is 1.67. The van der Waals surface area contributed by atoms with Gasteiger partial charge in [0, 0.05) is 11.6 Å². The van der Waals surface area contributed by atoms with Crippen molar-refractivity contribution in [1.29, 1.82) is 0 Å². The standard InChI is InChI=1S/C20H21N3O3S/c1-12(2)19(25)23-20-22-16-11-14(6-9-17(16)27-20)21-18(24)10-13-4-7-15(26-3)8-5-13/h4-9,11-12H,10H2,1-3H3,(H,21,24)(H,22,23,25). The number of aromatic nitrogens is 1. The number of hydrogen-bond acceptors (Lipinski definition) is 5. The lowest BCUT2D eigenvalue weighted by molar-refractivity contribution is -0.119. The van der Waals surface area contributed by atoms with Gasteiger partial charge in [-0.1, -0.05) is 37.3 Å². The van der Waals surface area contributed by atoms with E-state index >= 15 is 0 Å². The average molecular weight is 383 g/mol. The molecule has 0 aliphatic rings. The van der Waals surface area contributed by atoms with Crippen molar-refractivity contribution >= 4 is 44.2 Å². The van der Waals surface area contributed by atoms with Crippen molar-refractivity contribution < 1.29 is 14.3 Å². The number of anilines is 2. The van der Waals surface area contributed by atoms with Crippen LogP contribution in [0.15, 0.2) is 42.5 Å².